The molecule has 1 aromatic heterocycles. The minimum absolute atomic E-state index is 0.265. The van der Waals surface area contributed by atoms with Gasteiger partial charge in [0.05, 0.1) is 0 Å². The molecule has 0 bridgehead atoms. The van der Waals surface area contributed by atoms with Crippen LogP contribution in [0.5, 0.6) is 0 Å². The zero-order valence-electron chi connectivity index (χ0n) is 8.86. The molecular formula is C12H13NO2. The number of fused-ring (bicyclic) bond motifs is 1. The lowest BCUT2D eigenvalue weighted by atomic mass is 10.1. The van der Waals surface area contributed by atoms with Crippen molar-refractivity contribution < 1.29 is 9.21 Å². The number of hydrogen-bond acceptors (Lipinski definition) is 3. The largest absolute Gasteiger partial charge is 0.440 e. The number of para-hydroxylation sites is 1. The summed E-state index contributed by atoms with van der Waals surface area (Å²) in [5.74, 6) is 0.991. The van der Waals surface area contributed by atoms with E-state index in [0.717, 1.165) is 28.8 Å². The minimum Gasteiger partial charge on any atom is -0.440 e. The number of carbonyl (C=O) groups is 1. The monoisotopic (exact) mass is 203 g/mol. The maximum atomic E-state index is 10.5. The lowest BCUT2D eigenvalue weighted by Gasteiger charge is -1.96. The van der Waals surface area contributed by atoms with Crippen LogP contribution in [0.2, 0.25) is 0 Å². The molecule has 2 rings (SSSR count). The number of benzene rings is 1. The highest BCUT2D eigenvalue weighted by Crippen LogP contribution is 2.23. The predicted molar refractivity (Wildman–Crippen MR) is 57.9 cm³/mol. The molecule has 0 aliphatic carbocycles. The van der Waals surface area contributed by atoms with Crippen molar-refractivity contribution in [3.63, 3.8) is 0 Å². The average molecular weight is 203 g/mol. The fourth-order valence-electron chi connectivity index (χ4n) is 1.52. The number of hydrogen-bond donors (Lipinski definition) is 0. The maximum absolute atomic E-state index is 10.5. The Morgan fingerprint density at radius 2 is 2.27 bits per heavy atom. The molecule has 15 heavy (non-hydrogen) atoms. The SMILES string of the molecule is CC(C)c1nc2cccc(CC=O)c2o1. The van der Waals surface area contributed by atoms with Crippen LogP contribution in [0.25, 0.3) is 11.1 Å². The molecule has 0 saturated heterocycles. The van der Waals surface area contributed by atoms with Gasteiger partial charge in [0.25, 0.3) is 0 Å². The Balaban J connectivity index is 2.58. The Kier molecular flexibility index (Phi) is 2.54. The van der Waals surface area contributed by atoms with Gasteiger partial charge in [-0.2, -0.15) is 0 Å². The van der Waals surface area contributed by atoms with Crippen molar-refractivity contribution in [3.05, 3.63) is 29.7 Å². The third-order valence-electron chi connectivity index (χ3n) is 2.31. The quantitative estimate of drug-likeness (QED) is 0.720. The first-order valence-corrected chi connectivity index (χ1v) is 5.04. The molecule has 0 aliphatic rings. The molecular weight excluding hydrogens is 190 g/mol. The third kappa shape index (κ3) is 1.77. The maximum Gasteiger partial charge on any atom is 0.198 e. The number of rotatable bonds is 3. The van der Waals surface area contributed by atoms with Crippen molar-refractivity contribution in [3.8, 4) is 0 Å². The van der Waals surface area contributed by atoms with Crippen molar-refractivity contribution in [2.45, 2.75) is 26.2 Å². The molecule has 0 spiro atoms. The highest BCUT2D eigenvalue weighted by molar-refractivity contribution is 5.79. The van der Waals surface area contributed by atoms with Gasteiger partial charge in [-0.05, 0) is 6.07 Å². The van der Waals surface area contributed by atoms with Crippen LogP contribution in [-0.4, -0.2) is 11.3 Å². The third-order valence-corrected chi connectivity index (χ3v) is 2.31. The van der Waals surface area contributed by atoms with Gasteiger partial charge in [0.1, 0.15) is 11.8 Å². The molecule has 0 amide bonds. The molecule has 0 unspecified atom stereocenters. The second-order valence-corrected chi connectivity index (χ2v) is 3.84. The Morgan fingerprint density at radius 3 is 2.93 bits per heavy atom. The van der Waals surface area contributed by atoms with E-state index in [4.69, 9.17) is 4.42 Å². The summed E-state index contributed by atoms with van der Waals surface area (Å²) >= 11 is 0. The Bertz CT molecular complexity index is 485. The Morgan fingerprint density at radius 1 is 1.47 bits per heavy atom. The van der Waals surface area contributed by atoms with Crippen LogP contribution in [-0.2, 0) is 11.2 Å². The molecule has 1 heterocycles. The van der Waals surface area contributed by atoms with E-state index in [1.165, 1.54) is 0 Å². The summed E-state index contributed by atoms with van der Waals surface area (Å²) < 4.78 is 5.64. The molecule has 0 fully saturated rings. The van der Waals surface area contributed by atoms with Crippen LogP contribution in [0.4, 0.5) is 0 Å². The first-order valence-electron chi connectivity index (χ1n) is 5.04. The van der Waals surface area contributed by atoms with E-state index in [1.807, 2.05) is 32.0 Å². The van der Waals surface area contributed by atoms with Gasteiger partial charge in [-0.15, -0.1) is 0 Å². The van der Waals surface area contributed by atoms with Crippen LogP contribution in [0.15, 0.2) is 22.6 Å². The number of aldehydes is 1. The summed E-state index contributed by atoms with van der Waals surface area (Å²) in [6, 6.07) is 5.69. The van der Waals surface area contributed by atoms with Gasteiger partial charge in [-0.25, -0.2) is 4.98 Å². The predicted octanol–water partition coefficient (Wildman–Crippen LogP) is 2.69. The van der Waals surface area contributed by atoms with E-state index in [1.54, 1.807) is 0 Å². The molecule has 78 valence electrons. The fourth-order valence-corrected chi connectivity index (χ4v) is 1.52. The summed E-state index contributed by atoms with van der Waals surface area (Å²) in [4.78, 5) is 14.9. The second kappa shape index (κ2) is 3.85. The van der Waals surface area contributed by atoms with Crippen molar-refractivity contribution in [1.29, 1.82) is 0 Å². The topological polar surface area (TPSA) is 43.1 Å². The van der Waals surface area contributed by atoms with E-state index in [9.17, 15) is 4.79 Å². The highest BCUT2D eigenvalue weighted by atomic mass is 16.3. The second-order valence-electron chi connectivity index (χ2n) is 3.84. The van der Waals surface area contributed by atoms with Gasteiger partial charge in [-0.3, -0.25) is 0 Å². The van der Waals surface area contributed by atoms with Gasteiger partial charge in [0.2, 0.25) is 0 Å². The van der Waals surface area contributed by atoms with Gasteiger partial charge in [0.15, 0.2) is 11.5 Å². The van der Waals surface area contributed by atoms with Crippen LogP contribution >= 0.6 is 0 Å². The van der Waals surface area contributed by atoms with E-state index in [0.29, 0.717) is 6.42 Å². The lowest BCUT2D eigenvalue weighted by Crippen LogP contribution is -1.85. The summed E-state index contributed by atoms with van der Waals surface area (Å²) in [5.41, 5.74) is 2.48. The molecule has 0 saturated carbocycles. The van der Waals surface area contributed by atoms with Crippen molar-refractivity contribution in [2.24, 2.45) is 0 Å². The highest BCUT2D eigenvalue weighted by Gasteiger charge is 2.11. The van der Waals surface area contributed by atoms with Gasteiger partial charge in [-0.1, -0.05) is 26.0 Å². The first-order chi connectivity index (χ1) is 7.22. The van der Waals surface area contributed by atoms with E-state index in [-0.39, 0.29) is 5.92 Å². The van der Waals surface area contributed by atoms with E-state index < -0.39 is 0 Å². The summed E-state index contributed by atoms with van der Waals surface area (Å²) in [6.07, 6.45) is 1.26. The molecule has 0 radical (unpaired) electrons. The lowest BCUT2D eigenvalue weighted by molar-refractivity contribution is -0.107. The molecule has 1 aromatic carbocycles. The van der Waals surface area contributed by atoms with Gasteiger partial charge >= 0.3 is 0 Å². The molecule has 2 aromatic rings. The van der Waals surface area contributed by atoms with Gasteiger partial charge < -0.3 is 9.21 Å². The summed E-state index contributed by atoms with van der Waals surface area (Å²) in [7, 11) is 0. The smallest absolute Gasteiger partial charge is 0.198 e. The Labute approximate surface area is 88.1 Å². The van der Waals surface area contributed by atoms with Crippen LogP contribution in [0.1, 0.15) is 31.2 Å². The van der Waals surface area contributed by atoms with Crippen molar-refractivity contribution in [1.82, 2.24) is 4.98 Å². The number of oxazole rings is 1. The van der Waals surface area contributed by atoms with Crippen molar-refractivity contribution in [2.75, 3.05) is 0 Å². The normalized spacial score (nSPS) is 11.1. The number of nitrogens with zero attached hydrogens (tertiary/aromatic N) is 1. The molecule has 3 nitrogen and oxygen atoms in total. The van der Waals surface area contributed by atoms with Crippen LogP contribution in [0, 0.1) is 0 Å². The zero-order chi connectivity index (χ0) is 10.8. The van der Waals surface area contributed by atoms with E-state index in [2.05, 4.69) is 4.98 Å². The minimum atomic E-state index is 0.265. The molecule has 3 heteroatoms. The Hall–Kier alpha value is -1.64. The zero-order valence-corrected chi connectivity index (χ0v) is 8.86. The standard InChI is InChI=1S/C12H13NO2/c1-8(2)12-13-10-5-3-4-9(6-7-14)11(10)15-12/h3-5,7-8H,6H2,1-2H3. The molecule has 0 aliphatic heterocycles. The first kappa shape index (κ1) is 9.90. The average Bonchev–Trinajstić information content (AvgIpc) is 2.63. The van der Waals surface area contributed by atoms with Crippen LogP contribution < -0.4 is 0 Å². The fraction of sp³-hybridized carbons (Fsp3) is 0.333. The van der Waals surface area contributed by atoms with Crippen molar-refractivity contribution >= 4 is 17.4 Å². The summed E-state index contributed by atoms with van der Waals surface area (Å²) in [5, 5.41) is 0. The van der Waals surface area contributed by atoms with Crippen LogP contribution in [0.3, 0.4) is 0 Å². The molecule has 0 N–H and O–H groups in total. The van der Waals surface area contributed by atoms with Gasteiger partial charge in [0, 0.05) is 17.9 Å². The number of aromatic nitrogens is 1. The van der Waals surface area contributed by atoms with E-state index >= 15 is 0 Å². The molecule has 0 atom stereocenters. The number of carbonyl (C=O) groups excluding carboxylic acids is 1. The summed E-state index contributed by atoms with van der Waals surface area (Å²) in [6.45, 7) is 4.06.